The Kier molecular flexibility index (Phi) is 6.81. The van der Waals surface area contributed by atoms with Crippen LogP contribution in [0.2, 0.25) is 0 Å². The Morgan fingerprint density at radius 2 is 1.85 bits per heavy atom. The molecule has 2 aromatic rings. The monoisotopic (exact) mass is 364 g/mol. The Bertz CT molecular complexity index is 756. The number of ketones is 1. The standard InChI is InChI=1S/C24H30NO2/c1-18-9-8-12-21(19(18)2)22-13-15-25(14-6-7-16-26)17-23(22)24(27)20-10-4-3-5-11-20/h3-5,8-13,22-23,26H,6-7,14-17H2,1-2H3/t22-,23-/m1/s1. The first-order valence-corrected chi connectivity index (χ1v) is 9.93. The lowest BCUT2D eigenvalue weighted by Gasteiger charge is -2.38. The molecule has 1 N–H and O–H groups in total. The fraction of sp³-hybridized carbons (Fsp3) is 0.417. The summed E-state index contributed by atoms with van der Waals surface area (Å²) < 4.78 is 0. The van der Waals surface area contributed by atoms with Gasteiger partial charge in [-0.2, -0.15) is 0 Å². The van der Waals surface area contributed by atoms with E-state index in [0.29, 0.717) is 0 Å². The Labute approximate surface area is 163 Å². The molecule has 0 aromatic heterocycles. The van der Waals surface area contributed by atoms with Crippen LogP contribution in [-0.2, 0) is 0 Å². The molecule has 0 unspecified atom stereocenters. The van der Waals surface area contributed by atoms with Crippen molar-refractivity contribution in [3.05, 3.63) is 77.2 Å². The van der Waals surface area contributed by atoms with Crippen molar-refractivity contribution >= 4 is 5.78 Å². The number of Topliss-reactive ketones (excluding diaryl/α,β-unsaturated/α-hetero) is 1. The molecule has 0 bridgehead atoms. The van der Waals surface area contributed by atoms with Crippen molar-refractivity contribution in [3.63, 3.8) is 0 Å². The van der Waals surface area contributed by atoms with E-state index in [-0.39, 0.29) is 24.2 Å². The van der Waals surface area contributed by atoms with E-state index in [4.69, 9.17) is 5.11 Å². The van der Waals surface area contributed by atoms with Gasteiger partial charge in [0.05, 0.1) is 0 Å². The number of aliphatic hydroxyl groups is 1. The molecular weight excluding hydrogens is 334 g/mol. The molecule has 1 aliphatic rings. The molecule has 3 heteroatoms. The zero-order valence-electron chi connectivity index (χ0n) is 16.4. The van der Waals surface area contributed by atoms with E-state index < -0.39 is 0 Å². The highest BCUT2D eigenvalue weighted by Gasteiger charge is 2.36. The second-order valence-corrected chi connectivity index (χ2v) is 7.58. The molecule has 0 spiro atoms. The van der Waals surface area contributed by atoms with Crippen LogP contribution >= 0.6 is 0 Å². The maximum Gasteiger partial charge on any atom is 0.167 e. The fourth-order valence-corrected chi connectivity index (χ4v) is 4.06. The molecule has 1 fully saturated rings. The predicted octanol–water partition coefficient (Wildman–Crippen LogP) is 4.18. The summed E-state index contributed by atoms with van der Waals surface area (Å²) in [6.45, 7) is 7.12. The predicted molar refractivity (Wildman–Crippen MR) is 110 cm³/mol. The van der Waals surface area contributed by atoms with Crippen molar-refractivity contribution in [1.82, 2.24) is 4.90 Å². The van der Waals surface area contributed by atoms with Gasteiger partial charge in [-0.1, -0.05) is 48.5 Å². The Hall–Kier alpha value is -1.97. The van der Waals surface area contributed by atoms with E-state index in [0.717, 1.165) is 38.0 Å². The van der Waals surface area contributed by atoms with Crippen LogP contribution in [0.4, 0.5) is 0 Å². The normalized spacial score (nSPS) is 20.6. The number of carbonyl (C=O) groups excluding carboxylic acids is 1. The number of hydrogen-bond acceptors (Lipinski definition) is 3. The quantitative estimate of drug-likeness (QED) is 0.592. The molecule has 143 valence electrons. The van der Waals surface area contributed by atoms with E-state index in [1.54, 1.807) is 0 Å². The van der Waals surface area contributed by atoms with Gasteiger partial charge in [0.1, 0.15) is 0 Å². The lowest BCUT2D eigenvalue weighted by atomic mass is 9.75. The van der Waals surface area contributed by atoms with Crippen molar-refractivity contribution in [1.29, 1.82) is 0 Å². The van der Waals surface area contributed by atoms with Crippen molar-refractivity contribution in [2.75, 3.05) is 26.2 Å². The second kappa shape index (κ2) is 9.29. The summed E-state index contributed by atoms with van der Waals surface area (Å²) in [5.41, 5.74) is 4.64. The number of aliphatic hydroxyl groups excluding tert-OH is 1. The molecule has 1 radical (unpaired) electrons. The first-order valence-electron chi connectivity index (χ1n) is 9.93. The van der Waals surface area contributed by atoms with Crippen LogP contribution in [0.5, 0.6) is 0 Å². The molecule has 2 aromatic carbocycles. The van der Waals surface area contributed by atoms with Crippen LogP contribution in [0.1, 0.15) is 45.8 Å². The van der Waals surface area contributed by atoms with Gasteiger partial charge in [0.2, 0.25) is 0 Å². The molecular formula is C24H30NO2. The number of benzene rings is 2. The molecule has 3 rings (SSSR count). The largest absolute Gasteiger partial charge is 0.396 e. The van der Waals surface area contributed by atoms with Crippen LogP contribution in [-0.4, -0.2) is 42.0 Å². The van der Waals surface area contributed by atoms with E-state index in [9.17, 15) is 4.79 Å². The van der Waals surface area contributed by atoms with Gasteiger partial charge in [0, 0.05) is 31.2 Å². The number of rotatable bonds is 7. The van der Waals surface area contributed by atoms with Gasteiger partial charge in [-0.25, -0.2) is 0 Å². The maximum atomic E-state index is 13.4. The van der Waals surface area contributed by atoms with Crippen LogP contribution in [0, 0.1) is 26.2 Å². The third-order valence-electron chi connectivity index (χ3n) is 5.79. The van der Waals surface area contributed by atoms with Crippen molar-refractivity contribution < 1.29 is 9.90 Å². The van der Waals surface area contributed by atoms with E-state index in [2.05, 4.69) is 43.4 Å². The van der Waals surface area contributed by atoms with Crippen molar-refractivity contribution in [3.8, 4) is 0 Å². The molecule has 1 saturated heterocycles. The number of piperidine rings is 1. The minimum Gasteiger partial charge on any atom is -0.396 e. The highest BCUT2D eigenvalue weighted by Crippen LogP contribution is 2.36. The third kappa shape index (κ3) is 4.66. The van der Waals surface area contributed by atoms with Gasteiger partial charge < -0.3 is 10.0 Å². The number of nitrogens with zero attached hydrogens (tertiary/aromatic N) is 1. The number of carbonyl (C=O) groups is 1. The molecule has 27 heavy (non-hydrogen) atoms. The summed E-state index contributed by atoms with van der Waals surface area (Å²) in [6.07, 6.45) is 4.09. The average molecular weight is 365 g/mol. The molecule has 0 aliphatic carbocycles. The number of unbranched alkanes of at least 4 members (excludes halogenated alkanes) is 1. The number of aryl methyl sites for hydroxylation is 1. The summed E-state index contributed by atoms with van der Waals surface area (Å²) >= 11 is 0. The SMILES string of the molecule is Cc1cccc([C@H]2[CH]CN(CCCCO)C[C@H]2C(=O)c2ccccc2)c1C. The van der Waals surface area contributed by atoms with Gasteiger partial charge >= 0.3 is 0 Å². The van der Waals surface area contributed by atoms with Crippen LogP contribution in [0.25, 0.3) is 0 Å². The topological polar surface area (TPSA) is 40.5 Å². The van der Waals surface area contributed by atoms with E-state index >= 15 is 0 Å². The van der Waals surface area contributed by atoms with Gasteiger partial charge in [0.25, 0.3) is 0 Å². The summed E-state index contributed by atoms with van der Waals surface area (Å²) in [4.78, 5) is 15.7. The van der Waals surface area contributed by atoms with Gasteiger partial charge in [-0.05, 0) is 62.3 Å². The number of hydrogen-bond donors (Lipinski definition) is 1. The molecule has 0 saturated carbocycles. The third-order valence-corrected chi connectivity index (χ3v) is 5.79. The smallest absolute Gasteiger partial charge is 0.167 e. The van der Waals surface area contributed by atoms with Gasteiger partial charge in [0.15, 0.2) is 5.78 Å². The summed E-state index contributed by atoms with van der Waals surface area (Å²) in [5.74, 6) is 0.298. The Morgan fingerprint density at radius 1 is 1.07 bits per heavy atom. The van der Waals surface area contributed by atoms with E-state index in [1.807, 2.05) is 30.3 Å². The minimum absolute atomic E-state index is 0.0734. The lowest BCUT2D eigenvalue weighted by Crippen LogP contribution is -2.44. The zero-order valence-corrected chi connectivity index (χ0v) is 16.4. The molecule has 0 amide bonds. The zero-order chi connectivity index (χ0) is 19.2. The van der Waals surface area contributed by atoms with Gasteiger partial charge in [-0.15, -0.1) is 0 Å². The maximum absolute atomic E-state index is 13.4. The first kappa shape index (κ1) is 19.8. The van der Waals surface area contributed by atoms with Crippen molar-refractivity contribution in [2.45, 2.75) is 32.6 Å². The minimum atomic E-state index is -0.0734. The van der Waals surface area contributed by atoms with Crippen LogP contribution in [0.3, 0.4) is 0 Å². The second-order valence-electron chi connectivity index (χ2n) is 7.58. The lowest BCUT2D eigenvalue weighted by molar-refractivity contribution is 0.0825. The highest BCUT2D eigenvalue weighted by atomic mass is 16.2. The Balaban J connectivity index is 1.87. The van der Waals surface area contributed by atoms with Crippen LogP contribution in [0.15, 0.2) is 48.5 Å². The summed E-state index contributed by atoms with van der Waals surface area (Å²) in [7, 11) is 0. The van der Waals surface area contributed by atoms with E-state index in [1.165, 1.54) is 16.7 Å². The summed E-state index contributed by atoms with van der Waals surface area (Å²) in [5, 5.41) is 9.05. The molecule has 1 aliphatic heterocycles. The molecule has 2 atom stereocenters. The fourth-order valence-electron chi connectivity index (χ4n) is 4.06. The molecule has 3 nitrogen and oxygen atoms in total. The molecule has 1 heterocycles. The first-order chi connectivity index (χ1) is 13.1. The van der Waals surface area contributed by atoms with Gasteiger partial charge in [-0.3, -0.25) is 4.79 Å². The highest BCUT2D eigenvalue weighted by molar-refractivity contribution is 5.98. The Morgan fingerprint density at radius 3 is 2.59 bits per heavy atom. The van der Waals surface area contributed by atoms with Crippen LogP contribution < -0.4 is 0 Å². The van der Waals surface area contributed by atoms with Crippen molar-refractivity contribution in [2.24, 2.45) is 5.92 Å². The average Bonchev–Trinajstić information content (AvgIpc) is 2.70. The number of likely N-dealkylation sites (tertiary alicyclic amines) is 1. The summed E-state index contributed by atoms with van der Waals surface area (Å²) in [6, 6.07) is 16.1.